The van der Waals surface area contributed by atoms with Gasteiger partial charge in [0.05, 0.1) is 25.6 Å². The number of hydrogen-bond acceptors (Lipinski definition) is 5. The van der Waals surface area contributed by atoms with Gasteiger partial charge in [-0.3, -0.25) is 9.59 Å². The van der Waals surface area contributed by atoms with Gasteiger partial charge in [-0.15, -0.1) is 12.4 Å². The van der Waals surface area contributed by atoms with Crippen molar-refractivity contribution in [3.8, 4) is 0 Å². The van der Waals surface area contributed by atoms with E-state index in [-0.39, 0.29) is 49.9 Å². The minimum absolute atomic E-state index is 0. The third kappa shape index (κ3) is 7.77. The van der Waals surface area contributed by atoms with Gasteiger partial charge >= 0.3 is 5.97 Å². The first-order valence-corrected chi connectivity index (χ1v) is 7.63. The van der Waals surface area contributed by atoms with Crippen molar-refractivity contribution in [2.75, 3.05) is 27.3 Å². The molecule has 0 spiro atoms. The van der Waals surface area contributed by atoms with Gasteiger partial charge < -0.3 is 20.5 Å². The highest BCUT2D eigenvalue weighted by atomic mass is 35.5. The van der Waals surface area contributed by atoms with Gasteiger partial charge in [0.25, 0.3) is 0 Å². The van der Waals surface area contributed by atoms with E-state index in [1.54, 1.807) is 0 Å². The fraction of sp³-hybridized carbons (Fsp3) is 0.529. The Morgan fingerprint density at radius 1 is 1.29 bits per heavy atom. The number of aryl methyl sites for hydroxylation is 1. The molecule has 7 heteroatoms. The summed E-state index contributed by atoms with van der Waals surface area (Å²) >= 11 is 0. The van der Waals surface area contributed by atoms with E-state index in [1.807, 2.05) is 31.2 Å². The fourth-order valence-electron chi connectivity index (χ4n) is 2.31. The SMILES string of the molecule is COC(=O)C(CNC(=O)CC(CN)OC)Cc1cccc(C)c1.Cl. The number of benzene rings is 1. The Labute approximate surface area is 149 Å². The Hall–Kier alpha value is -1.63. The second-order valence-corrected chi connectivity index (χ2v) is 5.51. The van der Waals surface area contributed by atoms with Gasteiger partial charge in [-0.1, -0.05) is 29.8 Å². The monoisotopic (exact) mass is 358 g/mol. The van der Waals surface area contributed by atoms with Crippen LogP contribution in [0.3, 0.4) is 0 Å². The summed E-state index contributed by atoms with van der Waals surface area (Å²) in [7, 11) is 2.86. The summed E-state index contributed by atoms with van der Waals surface area (Å²) < 4.78 is 9.91. The largest absolute Gasteiger partial charge is 0.469 e. The van der Waals surface area contributed by atoms with Crippen molar-refractivity contribution in [2.45, 2.75) is 25.9 Å². The third-order valence-corrected chi connectivity index (χ3v) is 3.65. The van der Waals surface area contributed by atoms with Gasteiger partial charge in [0.2, 0.25) is 5.91 Å². The lowest BCUT2D eigenvalue weighted by molar-refractivity contribution is -0.145. The summed E-state index contributed by atoms with van der Waals surface area (Å²) in [6.07, 6.45) is 0.369. The Morgan fingerprint density at radius 2 is 2.00 bits per heavy atom. The first-order chi connectivity index (χ1) is 11.0. The van der Waals surface area contributed by atoms with E-state index in [4.69, 9.17) is 15.2 Å². The first kappa shape index (κ1) is 22.4. The van der Waals surface area contributed by atoms with E-state index in [1.165, 1.54) is 14.2 Å². The van der Waals surface area contributed by atoms with E-state index in [9.17, 15) is 9.59 Å². The molecule has 0 aliphatic carbocycles. The van der Waals surface area contributed by atoms with E-state index >= 15 is 0 Å². The number of nitrogens with two attached hydrogens (primary N) is 1. The van der Waals surface area contributed by atoms with E-state index < -0.39 is 5.92 Å². The standard InChI is InChI=1S/C17H26N2O4.ClH/c1-12-5-4-6-13(7-12)8-14(17(21)23-3)11-19-16(20)9-15(10-18)22-2;/h4-7,14-15H,8-11,18H2,1-3H3,(H,19,20);1H. The van der Waals surface area contributed by atoms with Crippen LogP contribution < -0.4 is 11.1 Å². The molecule has 136 valence electrons. The zero-order chi connectivity index (χ0) is 17.2. The number of carbonyl (C=O) groups excluding carboxylic acids is 2. The lowest BCUT2D eigenvalue weighted by Crippen LogP contribution is -2.37. The van der Waals surface area contributed by atoms with Crippen LogP contribution in [0.4, 0.5) is 0 Å². The van der Waals surface area contributed by atoms with Crippen molar-refractivity contribution in [3.63, 3.8) is 0 Å². The lowest BCUT2D eigenvalue weighted by atomic mass is 9.98. The number of carbonyl (C=O) groups is 2. The van der Waals surface area contributed by atoms with Crippen LogP contribution in [-0.2, 0) is 25.5 Å². The van der Waals surface area contributed by atoms with Crippen molar-refractivity contribution >= 4 is 24.3 Å². The molecule has 3 N–H and O–H groups in total. The zero-order valence-electron chi connectivity index (χ0n) is 14.4. The summed E-state index contributed by atoms with van der Waals surface area (Å²) in [5, 5.41) is 2.76. The van der Waals surface area contributed by atoms with Gasteiger partial charge in [-0.2, -0.15) is 0 Å². The number of rotatable bonds is 9. The van der Waals surface area contributed by atoms with E-state index in [2.05, 4.69) is 5.32 Å². The van der Waals surface area contributed by atoms with Crippen LogP contribution in [0.1, 0.15) is 17.5 Å². The predicted molar refractivity (Wildman–Crippen MR) is 95.1 cm³/mol. The van der Waals surface area contributed by atoms with Crippen LogP contribution >= 0.6 is 12.4 Å². The highest BCUT2D eigenvalue weighted by molar-refractivity contribution is 5.85. The quantitative estimate of drug-likeness (QED) is 0.648. The van der Waals surface area contributed by atoms with Gasteiger partial charge in [0, 0.05) is 20.2 Å². The van der Waals surface area contributed by atoms with Crippen molar-refractivity contribution in [2.24, 2.45) is 11.7 Å². The normalized spacial score (nSPS) is 12.7. The predicted octanol–water partition coefficient (Wildman–Crippen LogP) is 1.23. The molecule has 0 saturated carbocycles. The number of hydrogen-bond donors (Lipinski definition) is 2. The molecule has 0 bridgehead atoms. The number of esters is 1. The molecular weight excluding hydrogens is 332 g/mol. The maximum absolute atomic E-state index is 11.9. The molecule has 1 aromatic rings. The molecule has 1 aromatic carbocycles. The van der Waals surface area contributed by atoms with Crippen LogP contribution in [0.2, 0.25) is 0 Å². The molecule has 1 amide bonds. The number of methoxy groups -OCH3 is 2. The molecule has 0 aliphatic heterocycles. The fourth-order valence-corrected chi connectivity index (χ4v) is 2.31. The van der Waals surface area contributed by atoms with Gasteiger partial charge in [-0.25, -0.2) is 0 Å². The molecule has 0 saturated heterocycles. The van der Waals surface area contributed by atoms with Crippen molar-refractivity contribution in [1.29, 1.82) is 0 Å². The molecule has 2 unspecified atom stereocenters. The van der Waals surface area contributed by atoms with Gasteiger partial charge in [-0.05, 0) is 18.9 Å². The molecule has 0 aliphatic rings. The molecule has 0 radical (unpaired) electrons. The van der Waals surface area contributed by atoms with Crippen LogP contribution in [-0.4, -0.2) is 45.3 Å². The average Bonchev–Trinajstić information content (AvgIpc) is 2.55. The van der Waals surface area contributed by atoms with E-state index in [0.717, 1.165) is 11.1 Å². The molecular formula is C17H27ClN2O4. The summed E-state index contributed by atoms with van der Waals surface area (Å²) in [4.78, 5) is 23.8. The van der Waals surface area contributed by atoms with E-state index in [0.29, 0.717) is 6.42 Å². The molecule has 6 nitrogen and oxygen atoms in total. The minimum atomic E-state index is -0.426. The molecule has 0 fully saturated rings. The summed E-state index contributed by atoms with van der Waals surface area (Å²) in [5.74, 6) is -0.959. The number of halogens is 1. The summed E-state index contributed by atoms with van der Waals surface area (Å²) in [5.41, 5.74) is 7.65. The Kier molecular flexibility index (Phi) is 11.0. The third-order valence-electron chi connectivity index (χ3n) is 3.65. The van der Waals surface area contributed by atoms with Gasteiger partial charge in [0.1, 0.15) is 0 Å². The molecule has 1 rings (SSSR count). The highest BCUT2D eigenvalue weighted by Crippen LogP contribution is 2.12. The maximum atomic E-state index is 11.9. The highest BCUT2D eigenvalue weighted by Gasteiger charge is 2.21. The Morgan fingerprint density at radius 3 is 2.54 bits per heavy atom. The average molecular weight is 359 g/mol. The summed E-state index contributed by atoms with van der Waals surface area (Å²) in [6, 6.07) is 7.92. The minimum Gasteiger partial charge on any atom is -0.469 e. The number of ether oxygens (including phenoxy) is 2. The summed E-state index contributed by atoms with van der Waals surface area (Å²) in [6.45, 7) is 2.49. The zero-order valence-corrected chi connectivity index (χ0v) is 15.2. The smallest absolute Gasteiger partial charge is 0.310 e. The molecule has 2 atom stereocenters. The Bertz CT molecular complexity index is 521. The second kappa shape index (κ2) is 11.8. The van der Waals surface area contributed by atoms with Crippen LogP contribution in [0, 0.1) is 12.8 Å². The van der Waals surface area contributed by atoms with Crippen molar-refractivity contribution < 1.29 is 19.1 Å². The van der Waals surface area contributed by atoms with Crippen LogP contribution in [0.15, 0.2) is 24.3 Å². The maximum Gasteiger partial charge on any atom is 0.310 e. The molecule has 24 heavy (non-hydrogen) atoms. The second-order valence-electron chi connectivity index (χ2n) is 5.51. The first-order valence-electron chi connectivity index (χ1n) is 7.63. The van der Waals surface area contributed by atoms with Crippen molar-refractivity contribution in [3.05, 3.63) is 35.4 Å². The Balaban J connectivity index is 0.00000529. The lowest BCUT2D eigenvalue weighted by Gasteiger charge is -2.17. The van der Waals surface area contributed by atoms with Crippen molar-refractivity contribution in [1.82, 2.24) is 5.32 Å². The number of nitrogens with one attached hydrogen (secondary N) is 1. The van der Waals surface area contributed by atoms with Crippen LogP contribution in [0.5, 0.6) is 0 Å². The number of amides is 1. The van der Waals surface area contributed by atoms with Gasteiger partial charge in [0.15, 0.2) is 0 Å². The molecule has 0 aromatic heterocycles. The topological polar surface area (TPSA) is 90.7 Å². The molecule has 0 heterocycles. The van der Waals surface area contributed by atoms with Crippen LogP contribution in [0.25, 0.3) is 0 Å².